The Labute approximate surface area is 193 Å². The van der Waals surface area contributed by atoms with Crippen molar-refractivity contribution in [3.05, 3.63) is 106 Å². The van der Waals surface area contributed by atoms with Gasteiger partial charge in [-0.25, -0.2) is 0 Å². The van der Waals surface area contributed by atoms with Crippen molar-refractivity contribution >= 4 is 0 Å². The van der Waals surface area contributed by atoms with Gasteiger partial charge < -0.3 is 4.90 Å². The van der Waals surface area contributed by atoms with Gasteiger partial charge in [0.15, 0.2) is 0 Å². The van der Waals surface area contributed by atoms with E-state index in [2.05, 4.69) is 77.7 Å². The molecule has 1 spiro atoms. The zero-order valence-electron chi connectivity index (χ0n) is 19.2. The molecule has 1 heterocycles. The lowest BCUT2D eigenvalue weighted by atomic mass is 9.74. The summed E-state index contributed by atoms with van der Waals surface area (Å²) in [6.45, 7) is 3.79. The van der Waals surface area contributed by atoms with Crippen LogP contribution in [-0.4, -0.2) is 24.5 Å². The normalized spacial score (nSPS) is 19.9. The van der Waals surface area contributed by atoms with Gasteiger partial charge in [0, 0.05) is 5.92 Å². The van der Waals surface area contributed by atoms with Crippen molar-refractivity contribution in [3.63, 3.8) is 0 Å². The Morgan fingerprint density at radius 1 is 0.656 bits per heavy atom. The SMILES string of the molecule is c1ccc2c(c1)CCc1ccccc1C2CCCN1CCC2(CCc3ccccc32)CC1. The second-order valence-electron chi connectivity index (χ2n) is 10.4. The molecule has 0 saturated carbocycles. The zero-order chi connectivity index (χ0) is 21.4. The van der Waals surface area contributed by atoms with Crippen molar-refractivity contribution in [2.45, 2.75) is 62.7 Å². The van der Waals surface area contributed by atoms with E-state index in [9.17, 15) is 0 Å². The Kier molecular flexibility index (Phi) is 5.39. The number of nitrogens with zero attached hydrogens (tertiary/aromatic N) is 1. The molecule has 0 aromatic heterocycles. The minimum Gasteiger partial charge on any atom is -0.303 e. The van der Waals surface area contributed by atoms with Crippen LogP contribution in [0.15, 0.2) is 72.8 Å². The molecule has 1 fully saturated rings. The molecular weight excluding hydrogens is 386 g/mol. The maximum absolute atomic E-state index is 2.75. The van der Waals surface area contributed by atoms with Crippen LogP contribution in [0.5, 0.6) is 0 Å². The summed E-state index contributed by atoms with van der Waals surface area (Å²) in [6, 6.07) is 27.7. The average molecular weight is 422 g/mol. The highest BCUT2D eigenvalue weighted by molar-refractivity contribution is 5.45. The van der Waals surface area contributed by atoms with E-state index >= 15 is 0 Å². The molecule has 1 nitrogen and oxygen atoms in total. The molecule has 3 aromatic carbocycles. The first-order valence-electron chi connectivity index (χ1n) is 12.8. The van der Waals surface area contributed by atoms with E-state index in [0.717, 1.165) is 0 Å². The van der Waals surface area contributed by atoms with Gasteiger partial charge in [0.25, 0.3) is 0 Å². The Morgan fingerprint density at radius 3 is 1.94 bits per heavy atom. The summed E-state index contributed by atoms with van der Waals surface area (Å²) in [5.41, 5.74) is 10.1. The lowest BCUT2D eigenvalue weighted by Gasteiger charge is -2.40. The van der Waals surface area contributed by atoms with Gasteiger partial charge in [0.05, 0.1) is 0 Å². The molecule has 0 radical (unpaired) electrons. The minimum atomic E-state index is 0.478. The quantitative estimate of drug-likeness (QED) is 0.454. The van der Waals surface area contributed by atoms with Crippen LogP contribution in [0.3, 0.4) is 0 Å². The molecule has 2 aliphatic carbocycles. The molecule has 0 unspecified atom stereocenters. The van der Waals surface area contributed by atoms with Gasteiger partial charge in [-0.3, -0.25) is 0 Å². The summed E-state index contributed by atoms with van der Waals surface area (Å²) in [5.74, 6) is 0.558. The molecule has 0 amide bonds. The summed E-state index contributed by atoms with van der Waals surface area (Å²) in [4.78, 5) is 2.75. The number of rotatable bonds is 4. The molecule has 3 aliphatic rings. The predicted molar refractivity (Wildman–Crippen MR) is 133 cm³/mol. The molecule has 3 aromatic rings. The highest BCUT2D eigenvalue weighted by Gasteiger charge is 2.40. The Bertz CT molecular complexity index is 1040. The third-order valence-corrected chi connectivity index (χ3v) is 8.77. The van der Waals surface area contributed by atoms with Crippen LogP contribution in [0, 0.1) is 0 Å². The van der Waals surface area contributed by atoms with Crippen LogP contribution in [0.1, 0.15) is 71.4 Å². The number of piperidine rings is 1. The second kappa shape index (κ2) is 8.52. The molecule has 0 atom stereocenters. The lowest BCUT2D eigenvalue weighted by Crippen LogP contribution is -2.41. The summed E-state index contributed by atoms with van der Waals surface area (Å²) in [7, 11) is 0. The number of hydrogen-bond donors (Lipinski definition) is 0. The Balaban J connectivity index is 1.12. The first kappa shape index (κ1) is 20.2. The maximum atomic E-state index is 2.75. The van der Waals surface area contributed by atoms with Crippen molar-refractivity contribution in [1.29, 1.82) is 0 Å². The fourth-order valence-corrected chi connectivity index (χ4v) is 6.96. The third-order valence-electron chi connectivity index (χ3n) is 8.77. The number of aryl methyl sites for hydroxylation is 3. The van der Waals surface area contributed by atoms with E-state index in [0.29, 0.717) is 11.3 Å². The molecule has 0 N–H and O–H groups in total. The first-order valence-corrected chi connectivity index (χ1v) is 12.8. The van der Waals surface area contributed by atoms with Crippen molar-refractivity contribution in [3.8, 4) is 0 Å². The minimum absolute atomic E-state index is 0.478. The second-order valence-corrected chi connectivity index (χ2v) is 10.4. The molecule has 1 heteroatoms. The highest BCUT2D eigenvalue weighted by atomic mass is 15.1. The van der Waals surface area contributed by atoms with Gasteiger partial charge in [0.1, 0.15) is 0 Å². The summed E-state index contributed by atoms with van der Waals surface area (Å²) >= 11 is 0. The van der Waals surface area contributed by atoms with Crippen LogP contribution in [-0.2, 0) is 24.7 Å². The third kappa shape index (κ3) is 3.61. The van der Waals surface area contributed by atoms with Crippen LogP contribution in [0.4, 0.5) is 0 Å². The van der Waals surface area contributed by atoms with Crippen molar-refractivity contribution in [2.75, 3.05) is 19.6 Å². The number of likely N-dealkylation sites (tertiary alicyclic amines) is 1. The molecule has 6 rings (SSSR count). The number of fused-ring (bicyclic) bond motifs is 4. The monoisotopic (exact) mass is 421 g/mol. The average Bonchev–Trinajstić information content (AvgIpc) is 3.12. The standard InChI is InChI=1S/C31H35N/c1-4-11-27-24(8-1)15-16-25-9-2-5-12-28(25)29(27)13-7-21-32-22-19-31(20-23-32)18-17-26-10-3-6-14-30(26)31/h1-6,8-12,14,29H,7,13,15-23H2. The fraction of sp³-hybridized carbons (Fsp3) is 0.419. The van der Waals surface area contributed by atoms with Crippen LogP contribution >= 0.6 is 0 Å². The van der Waals surface area contributed by atoms with Crippen LogP contribution in [0.2, 0.25) is 0 Å². The van der Waals surface area contributed by atoms with Gasteiger partial charge in [-0.15, -0.1) is 0 Å². The predicted octanol–water partition coefficient (Wildman–Crippen LogP) is 6.68. The van der Waals surface area contributed by atoms with E-state index in [1.54, 1.807) is 33.4 Å². The van der Waals surface area contributed by atoms with Crippen LogP contribution in [0.25, 0.3) is 0 Å². The van der Waals surface area contributed by atoms with E-state index in [1.807, 2.05) is 0 Å². The van der Waals surface area contributed by atoms with Gasteiger partial charge in [-0.05, 0) is 110 Å². The van der Waals surface area contributed by atoms with Crippen molar-refractivity contribution in [2.24, 2.45) is 0 Å². The van der Waals surface area contributed by atoms with E-state index in [-0.39, 0.29) is 0 Å². The Morgan fingerprint density at radius 2 is 1.25 bits per heavy atom. The van der Waals surface area contributed by atoms with Gasteiger partial charge in [-0.1, -0.05) is 72.8 Å². The summed E-state index contributed by atoms with van der Waals surface area (Å²) in [5, 5.41) is 0. The molecule has 1 aliphatic heterocycles. The summed E-state index contributed by atoms with van der Waals surface area (Å²) < 4.78 is 0. The van der Waals surface area contributed by atoms with E-state index < -0.39 is 0 Å². The molecule has 1 saturated heterocycles. The molecule has 164 valence electrons. The molecule has 32 heavy (non-hydrogen) atoms. The number of hydrogen-bond acceptors (Lipinski definition) is 1. The lowest BCUT2D eigenvalue weighted by molar-refractivity contribution is 0.156. The smallest absolute Gasteiger partial charge is 0.00952 e. The van der Waals surface area contributed by atoms with Gasteiger partial charge in [0.2, 0.25) is 0 Å². The zero-order valence-corrected chi connectivity index (χ0v) is 19.2. The molecule has 0 bridgehead atoms. The van der Waals surface area contributed by atoms with Crippen molar-refractivity contribution < 1.29 is 0 Å². The van der Waals surface area contributed by atoms with Crippen molar-refractivity contribution in [1.82, 2.24) is 4.90 Å². The fourth-order valence-electron chi connectivity index (χ4n) is 6.96. The van der Waals surface area contributed by atoms with Gasteiger partial charge >= 0.3 is 0 Å². The first-order chi connectivity index (χ1) is 15.8. The summed E-state index contributed by atoms with van der Waals surface area (Å²) in [6.07, 6.45) is 10.3. The Hall–Kier alpha value is -2.38. The highest BCUT2D eigenvalue weighted by Crippen LogP contribution is 2.46. The van der Waals surface area contributed by atoms with Crippen LogP contribution < -0.4 is 0 Å². The largest absolute Gasteiger partial charge is 0.303 e. The number of benzene rings is 3. The van der Waals surface area contributed by atoms with E-state index in [4.69, 9.17) is 0 Å². The topological polar surface area (TPSA) is 3.24 Å². The maximum Gasteiger partial charge on any atom is 0.00952 e. The van der Waals surface area contributed by atoms with Gasteiger partial charge in [-0.2, -0.15) is 0 Å². The molecular formula is C31H35N. The van der Waals surface area contributed by atoms with E-state index in [1.165, 1.54) is 71.0 Å².